The molecule has 0 atom stereocenters. The van der Waals surface area contributed by atoms with Crippen molar-refractivity contribution in [3.05, 3.63) is 47.9 Å². The summed E-state index contributed by atoms with van der Waals surface area (Å²) < 4.78 is 0. The van der Waals surface area contributed by atoms with Crippen LogP contribution in [0.2, 0.25) is 0 Å². The molecule has 1 aliphatic rings. The molecule has 1 amide bonds. The normalized spacial score (nSPS) is 14.7. The number of anilines is 2. The van der Waals surface area contributed by atoms with Gasteiger partial charge in [-0.1, -0.05) is 31.9 Å². The van der Waals surface area contributed by atoms with Crippen LogP contribution in [0.1, 0.15) is 48.7 Å². The molecule has 1 aliphatic carbocycles. The first-order valence-corrected chi connectivity index (χ1v) is 8.23. The first-order chi connectivity index (χ1) is 11.2. The Morgan fingerprint density at radius 1 is 1.13 bits per heavy atom. The van der Waals surface area contributed by atoms with Gasteiger partial charge in [0.25, 0.3) is 5.91 Å². The molecule has 5 nitrogen and oxygen atoms in total. The zero-order valence-corrected chi connectivity index (χ0v) is 13.4. The van der Waals surface area contributed by atoms with Gasteiger partial charge in [-0.2, -0.15) is 0 Å². The van der Waals surface area contributed by atoms with Gasteiger partial charge in [0, 0.05) is 11.7 Å². The molecular formula is C18H22N4O. The van der Waals surface area contributed by atoms with Crippen molar-refractivity contribution in [3.8, 4) is 0 Å². The third-order valence-corrected chi connectivity index (χ3v) is 4.21. The molecule has 1 aromatic carbocycles. The average Bonchev–Trinajstić information content (AvgIpc) is 3.09. The maximum Gasteiger partial charge on any atom is 0.275 e. The number of benzene rings is 1. The van der Waals surface area contributed by atoms with Gasteiger partial charge in [-0.15, -0.1) is 0 Å². The molecule has 0 bridgehead atoms. The van der Waals surface area contributed by atoms with Crippen LogP contribution >= 0.6 is 0 Å². The summed E-state index contributed by atoms with van der Waals surface area (Å²) in [6.07, 6.45) is 9.02. The molecule has 23 heavy (non-hydrogen) atoms. The molecule has 5 heteroatoms. The molecule has 1 saturated carbocycles. The van der Waals surface area contributed by atoms with Gasteiger partial charge in [-0.3, -0.25) is 4.79 Å². The zero-order valence-electron chi connectivity index (χ0n) is 13.4. The maximum atomic E-state index is 12.2. The van der Waals surface area contributed by atoms with E-state index < -0.39 is 0 Å². The van der Waals surface area contributed by atoms with E-state index in [0.717, 1.165) is 17.9 Å². The van der Waals surface area contributed by atoms with Crippen LogP contribution in [0, 0.1) is 0 Å². The van der Waals surface area contributed by atoms with Crippen LogP contribution in [-0.4, -0.2) is 21.9 Å². The molecular weight excluding hydrogens is 288 g/mol. The largest absolute Gasteiger partial charge is 0.366 e. The van der Waals surface area contributed by atoms with Crippen molar-refractivity contribution in [1.29, 1.82) is 0 Å². The lowest BCUT2D eigenvalue weighted by Gasteiger charge is -2.12. The number of amides is 1. The Morgan fingerprint density at radius 3 is 2.48 bits per heavy atom. The Kier molecular flexibility index (Phi) is 4.86. The van der Waals surface area contributed by atoms with Crippen molar-refractivity contribution >= 4 is 17.4 Å². The highest BCUT2D eigenvalue weighted by atomic mass is 16.1. The molecule has 1 aromatic heterocycles. The Balaban J connectivity index is 1.60. The first kappa shape index (κ1) is 15.5. The molecule has 1 fully saturated rings. The van der Waals surface area contributed by atoms with Crippen molar-refractivity contribution < 1.29 is 4.79 Å². The number of hydrogen-bond donors (Lipinski definition) is 2. The lowest BCUT2D eigenvalue weighted by molar-refractivity contribution is 0.102. The van der Waals surface area contributed by atoms with E-state index in [-0.39, 0.29) is 5.91 Å². The van der Waals surface area contributed by atoms with E-state index >= 15 is 0 Å². The number of aromatic nitrogens is 2. The summed E-state index contributed by atoms with van der Waals surface area (Å²) >= 11 is 0. The molecule has 0 aliphatic heterocycles. The van der Waals surface area contributed by atoms with E-state index in [2.05, 4.69) is 27.5 Å². The Labute approximate surface area is 136 Å². The summed E-state index contributed by atoms with van der Waals surface area (Å²) in [5.74, 6) is 0.495. The number of carbonyl (C=O) groups is 1. The van der Waals surface area contributed by atoms with Gasteiger partial charge in [-0.05, 0) is 37.0 Å². The second kappa shape index (κ2) is 7.22. The quantitative estimate of drug-likeness (QED) is 0.884. The average molecular weight is 310 g/mol. The molecule has 3 rings (SSSR count). The van der Waals surface area contributed by atoms with Crippen LogP contribution < -0.4 is 10.6 Å². The fourth-order valence-electron chi connectivity index (χ4n) is 2.82. The number of aryl methyl sites for hydroxylation is 1. The second-order valence-electron chi connectivity index (χ2n) is 5.92. The minimum absolute atomic E-state index is 0.242. The number of nitrogens with zero attached hydrogens (tertiary/aromatic N) is 2. The first-order valence-electron chi connectivity index (χ1n) is 8.23. The molecule has 0 radical (unpaired) electrons. The summed E-state index contributed by atoms with van der Waals surface area (Å²) in [5, 5.41) is 6.20. The number of hydrogen-bond acceptors (Lipinski definition) is 4. The van der Waals surface area contributed by atoms with Crippen LogP contribution in [0.25, 0.3) is 0 Å². The Morgan fingerprint density at radius 2 is 1.87 bits per heavy atom. The van der Waals surface area contributed by atoms with Crippen LogP contribution in [-0.2, 0) is 6.42 Å². The molecule has 0 spiro atoms. The fourth-order valence-corrected chi connectivity index (χ4v) is 2.82. The summed E-state index contributed by atoms with van der Waals surface area (Å²) in [6.45, 7) is 2.10. The van der Waals surface area contributed by atoms with Crippen molar-refractivity contribution in [2.24, 2.45) is 0 Å². The highest BCUT2D eigenvalue weighted by Crippen LogP contribution is 2.21. The lowest BCUT2D eigenvalue weighted by atomic mass is 10.1. The lowest BCUT2D eigenvalue weighted by Crippen LogP contribution is -2.17. The van der Waals surface area contributed by atoms with Crippen molar-refractivity contribution in [3.63, 3.8) is 0 Å². The summed E-state index contributed by atoms with van der Waals surface area (Å²) in [4.78, 5) is 20.7. The zero-order chi connectivity index (χ0) is 16.1. The minimum Gasteiger partial charge on any atom is -0.366 e. The SMILES string of the molecule is CCc1ccc(NC(=O)c2cnc(NC3CCCC3)cn2)cc1. The number of rotatable bonds is 5. The monoisotopic (exact) mass is 310 g/mol. The van der Waals surface area contributed by atoms with E-state index in [1.165, 1.54) is 37.4 Å². The number of carbonyl (C=O) groups excluding carboxylic acids is 1. The molecule has 0 saturated heterocycles. The molecule has 120 valence electrons. The fraction of sp³-hybridized carbons (Fsp3) is 0.389. The summed E-state index contributed by atoms with van der Waals surface area (Å²) in [5.41, 5.74) is 2.33. The van der Waals surface area contributed by atoms with Crippen LogP contribution in [0.3, 0.4) is 0 Å². The third kappa shape index (κ3) is 4.06. The van der Waals surface area contributed by atoms with Gasteiger partial charge in [0.1, 0.15) is 11.5 Å². The Bertz CT molecular complexity index is 646. The van der Waals surface area contributed by atoms with Crippen molar-refractivity contribution in [2.75, 3.05) is 10.6 Å². The topological polar surface area (TPSA) is 66.9 Å². The van der Waals surface area contributed by atoms with E-state index in [0.29, 0.717) is 11.7 Å². The van der Waals surface area contributed by atoms with E-state index in [1.54, 1.807) is 6.20 Å². The van der Waals surface area contributed by atoms with Gasteiger partial charge in [0.05, 0.1) is 12.4 Å². The second-order valence-corrected chi connectivity index (χ2v) is 5.92. The third-order valence-electron chi connectivity index (χ3n) is 4.21. The van der Waals surface area contributed by atoms with E-state index in [4.69, 9.17) is 0 Å². The van der Waals surface area contributed by atoms with Crippen molar-refractivity contribution in [1.82, 2.24) is 9.97 Å². The Hall–Kier alpha value is -2.43. The highest BCUT2D eigenvalue weighted by molar-refractivity contribution is 6.02. The van der Waals surface area contributed by atoms with Crippen molar-refractivity contribution in [2.45, 2.75) is 45.1 Å². The maximum absolute atomic E-state index is 12.2. The predicted octanol–water partition coefficient (Wildman–Crippen LogP) is 3.65. The van der Waals surface area contributed by atoms with Gasteiger partial charge in [0.15, 0.2) is 0 Å². The van der Waals surface area contributed by atoms with Crippen LogP contribution in [0.15, 0.2) is 36.7 Å². The summed E-state index contributed by atoms with van der Waals surface area (Å²) in [6, 6.07) is 8.31. The van der Waals surface area contributed by atoms with Gasteiger partial charge in [-0.25, -0.2) is 9.97 Å². The standard InChI is InChI=1S/C18H22N4O/c1-2-13-7-9-15(10-8-13)22-18(23)16-11-20-17(12-19-16)21-14-5-3-4-6-14/h7-12,14H,2-6H2,1H3,(H,20,21)(H,22,23). The minimum atomic E-state index is -0.242. The van der Waals surface area contributed by atoms with E-state index in [1.807, 2.05) is 24.3 Å². The van der Waals surface area contributed by atoms with E-state index in [9.17, 15) is 4.79 Å². The molecule has 2 aromatic rings. The smallest absolute Gasteiger partial charge is 0.275 e. The number of nitrogens with one attached hydrogen (secondary N) is 2. The highest BCUT2D eigenvalue weighted by Gasteiger charge is 2.15. The van der Waals surface area contributed by atoms with Crippen LogP contribution in [0.4, 0.5) is 11.5 Å². The summed E-state index contributed by atoms with van der Waals surface area (Å²) in [7, 11) is 0. The predicted molar refractivity (Wildman–Crippen MR) is 91.7 cm³/mol. The van der Waals surface area contributed by atoms with Crippen LogP contribution in [0.5, 0.6) is 0 Å². The van der Waals surface area contributed by atoms with Gasteiger partial charge < -0.3 is 10.6 Å². The molecule has 2 N–H and O–H groups in total. The van der Waals surface area contributed by atoms with Gasteiger partial charge >= 0.3 is 0 Å². The molecule has 0 unspecified atom stereocenters. The van der Waals surface area contributed by atoms with Gasteiger partial charge in [0.2, 0.25) is 0 Å². The molecule has 1 heterocycles.